The first-order valence-corrected chi connectivity index (χ1v) is 4.38. The van der Waals surface area contributed by atoms with Crippen molar-refractivity contribution in [2.24, 2.45) is 0 Å². The van der Waals surface area contributed by atoms with Crippen molar-refractivity contribution >= 4 is 22.5 Å². The molecular formula is C9H9ClN2O. The van der Waals surface area contributed by atoms with Crippen LogP contribution in [-0.2, 0) is 0 Å². The summed E-state index contributed by atoms with van der Waals surface area (Å²) < 4.78 is 0. The molecule has 2 aromatic rings. The van der Waals surface area contributed by atoms with Crippen LogP contribution in [0.15, 0.2) is 18.2 Å². The van der Waals surface area contributed by atoms with Crippen LogP contribution in [0.4, 0.5) is 0 Å². The molecule has 1 aromatic heterocycles. The van der Waals surface area contributed by atoms with Gasteiger partial charge in [0, 0.05) is 5.39 Å². The van der Waals surface area contributed by atoms with E-state index in [2.05, 4.69) is 10.2 Å². The lowest BCUT2D eigenvalue weighted by atomic mass is 10.1. The molecule has 0 aliphatic carbocycles. The smallest absolute Gasteiger partial charge is 0.132 e. The molecule has 2 rings (SSSR count). The Morgan fingerprint density at radius 1 is 1.54 bits per heavy atom. The second-order valence-electron chi connectivity index (χ2n) is 2.99. The highest BCUT2D eigenvalue weighted by molar-refractivity contribution is 6.34. The third kappa shape index (κ3) is 1.41. The summed E-state index contributed by atoms with van der Waals surface area (Å²) in [5.74, 6) is 0. The number of aromatic amines is 1. The Balaban J connectivity index is 2.63. The van der Waals surface area contributed by atoms with E-state index in [1.54, 1.807) is 6.92 Å². The first kappa shape index (κ1) is 8.53. The third-order valence-corrected chi connectivity index (χ3v) is 2.30. The average molecular weight is 197 g/mol. The summed E-state index contributed by atoms with van der Waals surface area (Å²) >= 11 is 5.82. The van der Waals surface area contributed by atoms with Gasteiger partial charge in [-0.2, -0.15) is 5.10 Å². The lowest BCUT2D eigenvalue weighted by molar-refractivity contribution is 0.199. The molecule has 0 saturated heterocycles. The topological polar surface area (TPSA) is 48.9 Å². The number of aromatic nitrogens is 2. The maximum Gasteiger partial charge on any atom is 0.132 e. The summed E-state index contributed by atoms with van der Waals surface area (Å²) in [4.78, 5) is 0. The van der Waals surface area contributed by atoms with Crippen LogP contribution >= 0.6 is 11.6 Å². The molecule has 0 saturated carbocycles. The summed E-state index contributed by atoms with van der Waals surface area (Å²) in [5, 5.41) is 17.4. The summed E-state index contributed by atoms with van der Waals surface area (Å²) in [7, 11) is 0. The molecule has 0 bridgehead atoms. The number of hydrogen-bond donors (Lipinski definition) is 2. The normalized spacial score (nSPS) is 13.5. The number of H-pyrrole nitrogens is 1. The Hall–Kier alpha value is -1.06. The minimum absolute atomic E-state index is 0.472. The van der Waals surface area contributed by atoms with E-state index in [-0.39, 0.29) is 0 Å². The van der Waals surface area contributed by atoms with Gasteiger partial charge in [0.25, 0.3) is 0 Å². The zero-order chi connectivity index (χ0) is 9.42. The first-order chi connectivity index (χ1) is 6.18. The highest BCUT2D eigenvalue weighted by Crippen LogP contribution is 2.23. The van der Waals surface area contributed by atoms with Gasteiger partial charge in [0.1, 0.15) is 5.15 Å². The van der Waals surface area contributed by atoms with Crippen molar-refractivity contribution in [2.45, 2.75) is 13.0 Å². The molecule has 13 heavy (non-hydrogen) atoms. The van der Waals surface area contributed by atoms with Crippen LogP contribution in [0.1, 0.15) is 18.6 Å². The molecule has 1 unspecified atom stereocenters. The van der Waals surface area contributed by atoms with E-state index in [0.29, 0.717) is 5.15 Å². The second-order valence-corrected chi connectivity index (χ2v) is 3.37. The molecule has 0 spiro atoms. The van der Waals surface area contributed by atoms with Crippen molar-refractivity contribution in [1.29, 1.82) is 0 Å². The highest BCUT2D eigenvalue weighted by Gasteiger charge is 2.06. The fourth-order valence-corrected chi connectivity index (χ4v) is 1.46. The molecule has 0 aliphatic rings. The largest absolute Gasteiger partial charge is 0.389 e. The maximum atomic E-state index is 9.32. The monoisotopic (exact) mass is 196 g/mol. The summed E-state index contributed by atoms with van der Waals surface area (Å²) in [6.45, 7) is 1.72. The van der Waals surface area contributed by atoms with Gasteiger partial charge in [0.05, 0.1) is 11.6 Å². The van der Waals surface area contributed by atoms with Crippen LogP contribution < -0.4 is 0 Å². The Morgan fingerprint density at radius 2 is 2.31 bits per heavy atom. The third-order valence-electron chi connectivity index (χ3n) is 2.02. The Labute approximate surface area is 80.3 Å². The van der Waals surface area contributed by atoms with Gasteiger partial charge in [-0.15, -0.1) is 0 Å². The molecule has 1 atom stereocenters. The number of fused-ring (bicyclic) bond motifs is 1. The Bertz CT molecular complexity index is 436. The van der Waals surface area contributed by atoms with Crippen LogP contribution in [-0.4, -0.2) is 15.3 Å². The van der Waals surface area contributed by atoms with E-state index in [9.17, 15) is 5.11 Å². The van der Waals surface area contributed by atoms with Gasteiger partial charge in [-0.1, -0.05) is 17.7 Å². The number of nitrogens with zero attached hydrogens (tertiary/aromatic N) is 1. The lowest BCUT2D eigenvalue weighted by Crippen LogP contribution is -1.89. The van der Waals surface area contributed by atoms with Crippen LogP contribution in [0, 0.1) is 0 Å². The van der Waals surface area contributed by atoms with Crippen molar-refractivity contribution < 1.29 is 5.11 Å². The van der Waals surface area contributed by atoms with Gasteiger partial charge in [0.2, 0.25) is 0 Å². The van der Waals surface area contributed by atoms with Gasteiger partial charge in [0.15, 0.2) is 0 Å². The van der Waals surface area contributed by atoms with E-state index >= 15 is 0 Å². The molecule has 2 N–H and O–H groups in total. The van der Waals surface area contributed by atoms with Crippen molar-refractivity contribution in [2.75, 3.05) is 0 Å². The van der Waals surface area contributed by atoms with Crippen LogP contribution in [0.3, 0.4) is 0 Å². The van der Waals surface area contributed by atoms with Crippen LogP contribution in [0.2, 0.25) is 5.15 Å². The van der Waals surface area contributed by atoms with Gasteiger partial charge >= 0.3 is 0 Å². The van der Waals surface area contributed by atoms with Crippen LogP contribution in [0.5, 0.6) is 0 Å². The summed E-state index contributed by atoms with van der Waals surface area (Å²) in [6, 6.07) is 5.51. The fourth-order valence-electron chi connectivity index (χ4n) is 1.26. The molecule has 0 amide bonds. The molecule has 3 nitrogen and oxygen atoms in total. The van der Waals surface area contributed by atoms with E-state index in [1.165, 1.54) is 0 Å². The first-order valence-electron chi connectivity index (χ1n) is 4.00. The van der Waals surface area contributed by atoms with Crippen molar-refractivity contribution in [3.63, 3.8) is 0 Å². The second kappa shape index (κ2) is 3.01. The maximum absolute atomic E-state index is 9.32. The molecule has 1 heterocycles. The SMILES string of the molecule is CC(O)c1ccc2c(Cl)[nH]nc2c1. The number of aliphatic hydroxyl groups is 1. The van der Waals surface area contributed by atoms with E-state index in [4.69, 9.17) is 11.6 Å². The molecule has 0 fully saturated rings. The number of rotatable bonds is 1. The van der Waals surface area contributed by atoms with Gasteiger partial charge in [-0.25, -0.2) is 0 Å². The predicted molar refractivity (Wildman–Crippen MR) is 51.7 cm³/mol. The average Bonchev–Trinajstić information content (AvgIpc) is 2.47. The highest BCUT2D eigenvalue weighted by atomic mass is 35.5. The van der Waals surface area contributed by atoms with Gasteiger partial charge < -0.3 is 5.11 Å². The molecule has 4 heteroatoms. The van der Waals surface area contributed by atoms with Gasteiger partial charge in [-0.3, -0.25) is 5.10 Å². The zero-order valence-corrected chi connectivity index (χ0v) is 7.84. The Kier molecular flexibility index (Phi) is 1.98. The van der Waals surface area contributed by atoms with Crippen molar-refractivity contribution in [1.82, 2.24) is 10.2 Å². The number of hydrogen-bond acceptors (Lipinski definition) is 2. The number of aliphatic hydroxyl groups excluding tert-OH is 1. The van der Waals surface area contributed by atoms with E-state index in [0.717, 1.165) is 16.5 Å². The molecule has 0 radical (unpaired) electrons. The minimum Gasteiger partial charge on any atom is -0.389 e. The number of nitrogens with one attached hydrogen (secondary N) is 1. The van der Waals surface area contributed by atoms with Gasteiger partial charge in [-0.05, 0) is 24.6 Å². The number of benzene rings is 1. The Morgan fingerprint density at radius 3 is 3.00 bits per heavy atom. The summed E-state index contributed by atoms with van der Waals surface area (Å²) in [6.07, 6.45) is -0.472. The number of halogens is 1. The minimum atomic E-state index is -0.472. The van der Waals surface area contributed by atoms with Crippen LogP contribution in [0.25, 0.3) is 10.9 Å². The zero-order valence-electron chi connectivity index (χ0n) is 7.08. The molecule has 1 aromatic carbocycles. The molecular weight excluding hydrogens is 188 g/mol. The van der Waals surface area contributed by atoms with E-state index in [1.807, 2.05) is 18.2 Å². The standard InChI is InChI=1S/C9H9ClN2O/c1-5(13)6-2-3-7-8(4-6)11-12-9(7)10/h2-5,13H,1H3,(H,11,12). The fraction of sp³-hybridized carbons (Fsp3) is 0.222. The quantitative estimate of drug-likeness (QED) is 0.735. The lowest BCUT2D eigenvalue weighted by Gasteiger charge is -2.02. The molecule has 68 valence electrons. The predicted octanol–water partition coefficient (Wildman–Crippen LogP) is 2.27. The van der Waals surface area contributed by atoms with Crippen molar-refractivity contribution in [3.05, 3.63) is 28.9 Å². The van der Waals surface area contributed by atoms with E-state index < -0.39 is 6.10 Å². The van der Waals surface area contributed by atoms with Crippen molar-refractivity contribution in [3.8, 4) is 0 Å². The summed E-state index contributed by atoms with van der Waals surface area (Å²) in [5.41, 5.74) is 1.62. The molecule has 0 aliphatic heterocycles.